The van der Waals surface area contributed by atoms with Crippen molar-refractivity contribution in [3.05, 3.63) is 0 Å². The molecular weight excluding hydrogens is 860 g/mol. The van der Waals surface area contributed by atoms with E-state index in [0.29, 0.717) is 31.1 Å². The number of aliphatic hydroxyl groups is 13. The second kappa shape index (κ2) is 19.4. The van der Waals surface area contributed by atoms with Gasteiger partial charge in [-0.25, -0.2) is 0 Å². The molecule has 376 valence electrons. The molecule has 0 bridgehead atoms. The fourth-order valence-electron chi connectivity index (χ4n) is 14.2. The maximum Gasteiger partial charge on any atom is 0.187 e. The largest absolute Gasteiger partial charge is 0.394 e. The summed E-state index contributed by atoms with van der Waals surface area (Å²) in [7, 11) is 0. The van der Waals surface area contributed by atoms with Crippen LogP contribution in [0.4, 0.5) is 0 Å². The van der Waals surface area contributed by atoms with E-state index < -0.39 is 135 Å². The first-order valence-electron chi connectivity index (χ1n) is 24.0. The molecule has 0 spiro atoms. The smallest absolute Gasteiger partial charge is 0.187 e. The van der Waals surface area contributed by atoms with Gasteiger partial charge in [0.25, 0.3) is 0 Å². The average Bonchev–Trinajstić information content (AvgIpc) is 3.72. The Labute approximate surface area is 379 Å². The topological polar surface area (TPSA) is 328 Å². The minimum absolute atomic E-state index is 0.0623. The molecule has 0 aromatic heterocycles. The maximum absolute atomic E-state index is 12.2. The van der Waals surface area contributed by atoms with Crippen molar-refractivity contribution >= 4 is 0 Å². The fraction of sp³-hybridized carbons (Fsp3) is 1.00. The fourth-order valence-corrected chi connectivity index (χ4v) is 14.2. The highest BCUT2D eigenvalue weighted by Crippen LogP contribution is 2.71. The van der Waals surface area contributed by atoms with Gasteiger partial charge in [0.2, 0.25) is 0 Å². The minimum atomic E-state index is -1.80. The zero-order chi connectivity index (χ0) is 47.1. The van der Waals surface area contributed by atoms with Crippen LogP contribution in [0.15, 0.2) is 0 Å². The van der Waals surface area contributed by atoms with Gasteiger partial charge < -0.3 is 99.5 Å². The summed E-state index contributed by atoms with van der Waals surface area (Å²) >= 11 is 0. The van der Waals surface area contributed by atoms with Crippen LogP contribution in [0.3, 0.4) is 0 Å². The van der Waals surface area contributed by atoms with Crippen molar-refractivity contribution in [2.45, 2.75) is 202 Å². The highest BCUT2D eigenvalue weighted by molar-refractivity contribution is 5.16. The van der Waals surface area contributed by atoms with E-state index >= 15 is 0 Å². The highest BCUT2D eigenvalue weighted by Gasteiger charge is 2.69. The summed E-state index contributed by atoms with van der Waals surface area (Å²) in [6, 6.07) is 0. The summed E-state index contributed by atoms with van der Waals surface area (Å²) in [4.78, 5) is 0. The molecule has 4 saturated carbocycles. The van der Waals surface area contributed by atoms with Gasteiger partial charge in [0.1, 0.15) is 73.2 Å². The third-order valence-corrected chi connectivity index (χ3v) is 18.1. The van der Waals surface area contributed by atoms with Crippen LogP contribution in [0, 0.1) is 52.3 Å². The standard InChI is InChI=1S/C45H76O20/c1-18(17-59-40-37(56)34(53)31(50)26(14-46)61-40)7-10-45(58)19(2)30-25(65-45)13-24-22-6-5-20-11-21(12-29(49)44(20,4)23(22)8-9-43(24,30)3)60-42-39(36(55)33(52)28(16-48)63-42)64-41-38(57)35(54)32(51)27(15-47)62-41/h18-42,46-58H,5-17H2,1-4H3/t18-,19+,20-,21-,22-,23+,24+,25+,26-,27-,28-,29-,30+,31-,32-,33+,34+,35+,36+,37-,38-,39-,40-,41+,42-,43+,44+,45-/m1/s1. The molecule has 20 heteroatoms. The molecule has 0 aromatic rings. The van der Waals surface area contributed by atoms with Crippen molar-refractivity contribution in [1.82, 2.24) is 0 Å². The van der Waals surface area contributed by atoms with Gasteiger partial charge in [-0.3, -0.25) is 0 Å². The third-order valence-electron chi connectivity index (χ3n) is 18.1. The molecule has 65 heavy (non-hydrogen) atoms. The minimum Gasteiger partial charge on any atom is -0.394 e. The van der Waals surface area contributed by atoms with Crippen LogP contribution >= 0.6 is 0 Å². The Morgan fingerprint density at radius 2 is 1.23 bits per heavy atom. The van der Waals surface area contributed by atoms with Crippen LogP contribution < -0.4 is 0 Å². The Kier molecular flexibility index (Phi) is 15.1. The second-order valence-electron chi connectivity index (χ2n) is 21.5. The van der Waals surface area contributed by atoms with E-state index in [1.54, 1.807) is 0 Å². The van der Waals surface area contributed by atoms with Crippen LogP contribution in [0.5, 0.6) is 0 Å². The third kappa shape index (κ3) is 8.78. The van der Waals surface area contributed by atoms with Gasteiger partial charge in [-0.1, -0.05) is 27.7 Å². The van der Waals surface area contributed by atoms with Crippen molar-refractivity contribution in [1.29, 1.82) is 0 Å². The van der Waals surface area contributed by atoms with Crippen molar-refractivity contribution in [3.63, 3.8) is 0 Å². The lowest BCUT2D eigenvalue weighted by Crippen LogP contribution is -2.65. The van der Waals surface area contributed by atoms with Gasteiger partial charge in [0, 0.05) is 18.8 Å². The molecule has 8 fully saturated rings. The summed E-state index contributed by atoms with van der Waals surface area (Å²) < 4.78 is 41.7. The van der Waals surface area contributed by atoms with E-state index in [1.807, 2.05) is 6.92 Å². The Morgan fingerprint density at radius 1 is 0.646 bits per heavy atom. The average molecular weight is 937 g/mol. The van der Waals surface area contributed by atoms with Gasteiger partial charge >= 0.3 is 0 Å². The van der Waals surface area contributed by atoms with Crippen molar-refractivity contribution in [3.8, 4) is 0 Å². The van der Waals surface area contributed by atoms with Crippen LogP contribution in [0.2, 0.25) is 0 Å². The monoisotopic (exact) mass is 936 g/mol. The molecule has 4 aliphatic carbocycles. The van der Waals surface area contributed by atoms with Crippen LogP contribution in [-0.4, -0.2) is 209 Å². The van der Waals surface area contributed by atoms with E-state index in [1.165, 1.54) is 0 Å². The van der Waals surface area contributed by atoms with Crippen molar-refractivity contribution in [2.24, 2.45) is 52.3 Å². The molecule has 20 nitrogen and oxygen atoms in total. The molecule has 0 aromatic carbocycles. The number of aliphatic hydroxyl groups excluding tert-OH is 12. The second-order valence-corrected chi connectivity index (χ2v) is 21.5. The Hall–Kier alpha value is -0.800. The molecule has 4 heterocycles. The SMILES string of the molecule is C[C@H](CC[C@@]1(O)O[C@H]2C[C@H]3[C@@H]4CC[C@@H]5C[C@@H](O[C@@H]6O[C@H](CO)[C@H](O)[C@H](O)[C@H]6O[C@@H]6O[C@H](CO)[C@@H](O)[C@H](O)[C@H]6O)C[C@@H](O)[C@]5(C)[C@H]4CC[C@]3(C)[C@H]2[C@@H]1C)CO[C@@H]1O[C@H](CO)[C@@H](O)[C@H](O)[C@H]1O. The maximum atomic E-state index is 12.2. The molecule has 0 amide bonds. The Bertz CT molecular complexity index is 1600. The molecule has 8 aliphatic rings. The summed E-state index contributed by atoms with van der Waals surface area (Å²) in [5, 5.41) is 137. The van der Waals surface area contributed by atoms with Gasteiger partial charge in [-0.15, -0.1) is 0 Å². The van der Waals surface area contributed by atoms with Gasteiger partial charge in [-0.05, 0) is 91.3 Å². The van der Waals surface area contributed by atoms with Crippen LogP contribution in [0.25, 0.3) is 0 Å². The zero-order valence-corrected chi connectivity index (χ0v) is 37.8. The highest BCUT2D eigenvalue weighted by atomic mass is 16.8. The first-order chi connectivity index (χ1) is 30.7. The number of ether oxygens (including phenoxy) is 7. The number of hydrogen-bond acceptors (Lipinski definition) is 20. The summed E-state index contributed by atoms with van der Waals surface area (Å²) in [5.41, 5.74) is -0.531. The molecule has 13 N–H and O–H groups in total. The van der Waals surface area contributed by atoms with E-state index in [2.05, 4.69) is 20.8 Å². The molecule has 0 radical (unpaired) electrons. The number of fused-ring (bicyclic) bond motifs is 7. The first kappa shape index (κ1) is 50.6. The van der Waals surface area contributed by atoms with Gasteiger partial charge in [0.05, 0.1) is 44.7 Å². The first-order valence-corrected chi connectivity index (χ1v) is 24.0. The van der Waals surface area contributed by atoms with Crippen LogP contribution in [0.1, 0.15) is 85.5 Å². The van der Waals surface area contributed by atoms with Crippen LogP contribution in [-0.2, 0) is 33.2 Å². The summed E-state index contributed by atoms with van der Waals surface area (Å²) in [6.45, 7) is 6.82. The molecular formula is C45H76O20. The van der Waals surface area contributed by atoms with E-state index in [0.717, 1.165) is 32.1 Å². The van der Waals surface area contributed by atoms with Crippen molar-refractivity contribution < 1.29 is 99.5 Å². The molecule has 4 aliphatic heterocycles. The number of hydrogen-bond donors (Lipinski definition) is 13. The summed E-state index contributed by atoms with van der Waals surface area (Å²) in [5.74, 6) is -0.510. The molecule has 0 unspecified atom stereocenters. The Balaban J connectivity index is 0.886. The Morgan fingerprint density at radius 3 is 1.86 bits per heavy atom. The molecule has 8 rings (SSSR count). The predicted molar refractivity (Wildman–Crippen MR) is 220 cm³/mol. The van der Waals surface area contributed by atoms with Gasteiger partial charge in [-0.2, -0.15) is 0 Å². The molecule has 28 atom stereocenters. The normalized spacial score (nSPS) is 56.1. The molecule has 4 saturated heterocycles. The van der Waals surface area contributed by atoms with E-state index in [4.69, 9.17) is 33.2 Å². The summed E-state index contributed by atoms with van der Waals surface area (Å²) in [6.07, 6.45) is -17.8. The predicted octanol–water partition coefficient (Wildman–Crippen LogP) is -2.81. The lowest BCUT2D eigenvalue weighted by atomic mass is 9.43. The lowest BCUT2D eigenvalue weighted by molar-refractivity contribution is -0.374. The lowest BCUT2D eigenvalue weighted by Gasteiger charge is -2.62. The van der Waals surface area contributed by atoms with E-state index in [9.17, 15) is 66.4 Å². The number of rotatable bonds is 13. The van der Waals surface area contributed by atoms with Gasteiger partial charge in [0.15, 0.2) is 24.7 Å². The van der Waals surface area contributed by atoms with E-state index in [-0.39, 0.29) is 54.1 Å². The van der Waals surface area contributed by atoms with Crippen molar-refractivity contribution in [2.75, 3.05) is 26.4 Å². The zero-order valence-electron chi connectivity index (χ0n) is 37.8. The quantitative estimate of drug-likeness (QED) is 0.0829.